The number of carbonyl (C=O) groups excluding carboxylic acids is 1. The molecule has 0 spiro atoms. The lowest BCUT2D eigenvalue weighted by atomic mass is 10.1. The Kier molecular flexibility index (Phi) is 1.54. The van der Waals surface area contributed by atoms with Crippen LogP contribution >= 0.6 is 0 Å². The average molecular weight is 168 g/mol. The van der Waals surface area contributed by atoms with Crippen molar-refractivity contribution in [2.45, 2.75) is 6.10 Å². The molecule has 0 aliphatic carbocycles. The summed E-state index contributed by atoms with van der Waals surface area (Å²) in [6, 6.07) is 0. The first-order valence-electron chi connectivity index (χ1n) is 3.60. The van der Waals surface area contributed by atoms with Gasteiger partial charge in [0.15, 0.2) is 5.69 Å². The van der Waals surface area contributed by atoms with Gasteiger partial charge in [0.1, 0.15) is 0 Å². The van der Waals surface area contributed by atoms with Crippen molar-refractivity contribution in [1.82, 2.24) is 20.3 Å². The molecule has 1 aliphatic heterocycles. The maximum absolute atomic E-state index is 11.3. The number of carbonyl (C=O) groups is 1. The Morgan fingerprint density at radius 3 is 3.00 bits per heavy atom. The zero-order chi connectivity index (χ0) is 8.55. The molecule has 64 valence electrons. The second kappa shape index (κ2) is 2.56. The number of aliphatic hydroxyl groups is 1. The van der Waals surface area contributed by atoms with Gasteiger partial charge in [0.05, 0.1) is 12.3 Å². The maximum Gasteiger partial charge on any atom is 0.276 e. The standard InChI is InChI=1S/C6H8N4O2/c11-4-2-10(3-4)6(12)5-1-7-9-8-5/h1,4,11H,2-3H2,(H,7,8,9). The van der Waals surface area contributed by atoms with E-state index < -0.39 is 0 Å². The third-order valence-corrected chi connectivity index (χ3v) is 1.78. The highest BCUT2D eigenvalue weighted by molar-refractivity contribution is 5.92. The Bertz CT molecular complexity index is 278. The molecule has 0 bridgehead atoms. The lowest BCUT2D eigenvalue weighted by Crippen LogP contribution is -2.53. The van der Waals surface area contributed by atoms with Crippen molar-refractivity contribution in [1.29, 1.82) is 0 Å². The fraction of sp³-hybridized carbons (Fsp3) is 0.500. The molecule has 0 unspecified atom stereocenters. The average Bonchev–Trinajstić information content (AvgIpc) is 2.49. The Balaban J connectivity index is 2.03. The monoisotopic (exact) mass is 168 g/mol. The highest BCUT2D eigenvalue weighted by atomic mass is 16.3. The van der Waals surface area contributed by atoms with Crippen molar-refractivity contribution in [3.63, 3.8) is 0 Å². The largest absolute Gasteiger partial charge is 0.389 e. The number of β-amino-alcohol motifs (C(OH)–C–C–N with tert-alkyl or cyclic N) is 1. The van der Waals surface area contributed by atoms with Crippen molar-refractivity contribution >= 4 is 5.91 Å². The summed E-state index contributed by atoms with van der Waals surface area (Å²) in [5.74, 6) is -0.186. The first kappa shape index (κ1) is 7.23. The van der Waals surface area contributed by atoms with Crippen LogP contribution in [0.5, 0.6) is 0 Å². The summed E-state index contributed by atoms with van der Waals surface area (Å²) in [6.45, 7) is 0.789. The molecule has 1 aromatic heterocycles. The van der Waals surface area contributed by atoms with Gasteiger partial charge in [-0.05, 0) is 0 Å². The van der Waals surface area contributed by atoms with Crippen molar-refractivity contribution in [2.24, 2.45) is 0 Å². The predicted molar refractivity (Wildman–Crippen MR) is 38.3 cm³/mol. The van der Waals surface area contributed by atoms with E-state index in [1.165, 1.54) is 11.1 Å². The maximum atomic E-state index is 11.3. The number of rotatable bonds is 1. The first-order valence-corrected chi connectivity index (χ1v) is 3.60. The van der Waals surface area contributed by atoms with Crippen LogP contribution in [-0.2, 0) is 0 Å². The van der Waals surface area contributed by atoms with Gasteiger partial charge < -0.3 is 10.0 Å². The fourth-order valence-electron chi connectivity index (χ4n) is 1.09. The minimum absolute atomic E-state index is 0.186. The van der Waals surface area contributed by atoms with Crippen LogP contribution < -0.4 is 0 Å². The minimum atomic E-state index is -0.374. The number of H-pyrrole nitrogens is 1. The van der Waals surface area contributed by atoms with E-state index in [9.17, 15) is 4.79 Å². The Hall–Kier alpha value is -1.43. The smallest absolute Gasteiger partial charge is 0.276 e. The molecule has 0 atom stereocenters. The van der Waals surface area contributed by atoms with Gasteiger partial charge in [-0.25, -0.2) is 0 Å². The third kappa shape index (κ3) is 1.06. The van der Waals surface area contributed by atoms with E-state index in [4.69, 9.17) is 5.11 Å². The summed E-state index contributed by atoms with van der Waals surface area (Å²) in [5, 5.41) is 18.4. The molecule has 1 aromatic rings. The lowest BCUT2D eigenvalue weighted by Gasteiger charge is -2.35. The number of aromatic nitrogens is 3. The van der Waals surface area contributed by atoms with Crippen LogP contribution in [0.25, 0.3) is 0 Å². The Labute approximate surface area is 68.2 Å². The summed E-state index contributed by atoms with van der Waals surface area (Å²) < 4.78 is 0. The van der Waals surface area contributed by atoms with E-state index in [0.29, 0.717) is 18.8 Å². The first-order chi connectivity index (χ1) is 5.77. The highest BCUT2D eigenvalue weighted by Gasteiger charge is 2.30. The minimum Gasteiger partial charge on any atom is -0.389 e. The van der Waals surface area contributed by atoms with Crippen molar-refractivity contribution < 1.29 is 9.90 Å². The summed E-state index contributed by atoms with van der Waals surface area (Å²) in [7, 11) is 0. The molecule has 1 amide bonds. The second-order valence-electron chi connectivity index (χ2n) is 2.72. The van der Waals surface area contributed by atoms with Gasteiger partial charge in [0.2, 0.25) is 0 Å². The van der Waals surface area contributed by atoms with Crippen LogP contribution in [0, 0.1) is 0 Å². The Morgan fingerprint density at radius 2 is 2.50 bits per heavy atom. The van der Waals surface area contributed by atoms with E-state index in [1.54, 1.807) is 0 Å². The van der Waals surface area contributed by atoms with Gasteiger partial charge in [0, 0.05) is 13.1 Å². The van der Waals surface area contributed by atoms with Gasteiger partial charge >= 0.3 is 0 Å². The number of likely N-dealkylation sites (tertiary alicyclic amines) is 1. The predicted octanol–water partition coefficient (Wildman–Crippen LogP) is -1.38. The van der Waals surface area contributed by atoms with E-state index in [-0.39, 0.29) is 12.0 Å². The summed E-state index contributed by atoms with van der Waals surface area (Å²) in [5.41, 5.74) is 0.293. The molecule has 0 aromatic carbocycles. The zero-order valence-corrected chi connectivity index (χ0v) is 6.27. The van der Waals surface area contributed by atoms with E-state index in [1.807, 2.05) is 0 Å². The third-order valence-electron chi connectivity index (χ3n) is 1.78. The van der Waals surface area contributed by atoms with Crippen LogP contribution in [0.4, 0.5) is 0 Å². The van der Waals surface area contributed by atoms with Crippen molar-refractivity contribution in [3.05, 3.63) is 11.9 Å². The molecule has 1 fully saturated rings. The van der Waals surface area contributed by atoms with Gasteiger partial charge in [-0.15, -0.1) is 0 Å². The number of nitrogens with one attached hydrogen (secondary N) is 1. The highest BCUT2D eigenvalue weighted by Crippen LogP contribution is 2.10. The number of hydrogen-bond donors (Lipinski definition) is 2. The SMILES string of the molecule is O=C(c1cn[nH]n1)N1CC(O)C1. The van der Waals surface area contributed by atoms with E-state index in [0.717, 1.165) is 0 Å². The molecule has 1 saturated heterocycles. The van der Waals surface area contributed by atoms with Gasteiger partial charge in [-0.3, -0.25) is 4.79 Å². The van der Waals surface area contributed by atoms with E-state index >= 15 is 0 Å². The van der Waals surface area contributed by atoms with Crippen LogP contribution in [-0.4, -0.2) is 50.5 Å². The number of aliphatic hydroxyl groups excluding tert-OH is 1. The number of amides is 1. The fourth-order valence-corrected chi connectivity index (χ4v) is 1.09. The van der Waals surface area contributed by atoms with Crippen LogP contribution in [0.1, 0.15) is 10.5 Å². The van der Waals surface area contributed by atoms with Gasteiger partial charge in [-0.1, -0.05) is 0 Å². The number of aromatic amines is 1. The summed E-state index contributed by atoms with van der Waals surface area (Å²) in [6.07, 6.45) is 0.994. The molecule has 0 radical (unpaired) electrons. The van der Waals surface area contributed by atoms with Crippen molar-refractivity contribution in [2.75, 3.05) is 13.1 Å². The molecule has 1 aliphatic rings. The quantitative estimate of drug-likeness (QED) is 0.541. The second-order valence-corrected chi connectivity index (χ2v) is 2.72. The number of nitrogens with zero attached hydrogens (tertiary/aromatic N) is 3. The summed E-state index contributed by atoms with van der Waals surface area (Å²) >= 11 is 0. The van der Waals surface area contributed by atoms with Gasteiger partial charge in [0.25, 0.3) is 5.91 Å². The zero-order valence-electron chi connectivity index (χ0n) is 6.27. The molecular weight excluding hydrogens is 160 g/mol. The lowest BCUT2D eigenvalue weighted by molar-refractivity contribution is 0.00550. The van der Waals surface area contributed by atoms with Crippen molar-refractivity contribution in [3.8, 4) is 0 Å². The van der Waals surface area contributed by atoms with E-state index in [2.05, 4.69) is 15.4 Å². The Morgan fingerprint density at radius 1 is 1.75 bits per heavy atom. The molecule has 2 heterocycles. The van der Waals surface area contributed by atoms with Crippen LogP contribution in [0.15, 0.2) is 6.20 Å². The topological polar surface area (TPSA) is 82.1 Å². The molecular formula is C6H8N4O2. The molecule has 2 N–H and O–H groups in total. The molecule has 0 saturated carbocycles. The summed E-state index contributed by atoms with van der Waals surface area (Å²) in [4.78, 5) is 12.8. The van der Waals surface area contributed by atoms with Crippen LogP contribution in [0.2, 0.25) is 0 Å². The van der Waals surface area contributed by atoms with Crippen LogP contribution in [0.3, 0.4) is 0 Å². The normalized spacial score (nSPS) is 17.6. The molecule has 12 heavy (non-hydrogen) atoms. The van der Waals surface area contributed by atoms with Gasteiger partial charge in [-0.2, -0.15) is 15.4 Å². The molecule has 6 nitrogen and oxygen atoms in total. The molecule has 2 rings (SSSR count). The number of hydrogen-bond acceptors (Lipinski definition) is 4. The molecule has 6 heteroatoms.